The Balaban J connectivity index is 1.97. The molecule has 2 rings (SSSR count). The molecule has 1 atom stereocenters. The highest BCUT2D eigenvalue weighted by Crippen LogP contribution is 2.17. The molecule has 106 valence electrons. The normalized spacial score (nSPS) is 17.4. The SMILES string of the molecule is NCC#Cc1ccc(C(=O)NCC2CCCO2)cc1Cl. The Bertz CT molecular complexity index is 543. The molecule has 1 saturated heterocycles. The number of nitrogens with two attached hydrogens (primary N) is 1. The summed E-state index contributed by atoms with van der Waals surface area (Å²) in [7, 11) is 0. The first kappa shape index (κ1) is 14.9. The molecule has 4 nitrogen and oxygen atoms in total. The van der Waals surface area contributed by atoms with Gasteiger partial charge in [-0.25, -0.2) is 0 Å². The Morgan fingerprint density at radius 3 is 3.05 bits per heavy atom. The van der Waals surface area contributed by atoms with Crippen molar-refractivity contribution < 1.29 is 9.53 Å². The average molecular weight is 293 g/mol. The van der Waals surface area contributed by atoms with Crippen LogP contribution >= 0.6 is 11.6 Å². The highest BCUT2D eigenvalue weighted by atomic mass is 35.5. The number of amides is 1. The Labute approximate surface area is 123 Å². The molecule has 5 heteroatoms. The second kappa shape index (κ2) is 7.30. The third-order valence-electron chi connectivity index (χ3n) is 3.07. The van der Waals surface area contributed by atoms with Gasteiger partial charge in [-0.1, -0.05) is 23.4 Å². The van der Waals surface area contributed by atoms with E-state index in [0.717, 1.165) is 19.4 Å². The zero-order valence-electron chi connectivity index (χ0n) is 11.1. The van der Waals surface area contributed by atoms with Gasteiger partial charge in [-0.05, 0) is 31.0 Å². The number of ether oxygens (including phenoxy) is 1. The summed E-state index contributed by atoms with van der Waals surface area (Å²) in [5.74, 6) is 5.44. The van der Waals surface area contributed by atoms with Crippen LogP contribution in [0.4, 0.5) is 0 Å². The lowest BCUT2D eigenvalue weighted by Gasteiger charge is -2.11. The molecule has 1 aromatic rings. The second-order valence-electron chi connectivity index (χ2n) is 4.55. The van der Waals surface area contributed by atoms with Crippen molar-refractivity contribution in [1.29, 1.82) is 0 Å². The van der Waals surface area contributed by atoms with Gasteiger partial charge >= 0.3 is 0 Å². The number of halogens is 1. The zero-order chi connectivity index (χ0) is 14.4. The van der Waals surface area contributed by atoms with E-state index < -0.39 is 0 Å². The molecule has 0 saturated carbocycles. The summed E-state index contributed by atoms with van der Waals surface area (Å²) in [4.78, 5) is 12.0. The number of hydrogen-bond donors (Lipinski definition) is 2. The van der Waals surface area contributed by atoms with Gasteiger partial charge in [0.15, 0.2) is 0 Å². The largest absolute Gasteiger partial charge is 0.376 e. The first-order valence-corrected chi connectivity index (χ1v) is 6.97. The zero-order valence-corrected chi connectivity index (χ0v) is 11.9. The number of carbonyl (C=O) groups excluding carboxylic acids is 1. The van der Waals surface area contributed by atoms with Gasteiger partial charge in [0.2, 0.25) is 0 Å². The van der Waals surface area contributed by atoms with Crippen LogP contribution in [-0.2, 0) is 4.74 Å². The summed E-state index contributed by atoms with van der Waals surface area (Å²) in [6, 6.07) is 5.05. The van der Waals surface area contributed by atoms with E-state index in [0.29, 0.717) is 22.7 Å². The first-order valence-electron chi connectivity index (χ1n) is 6.59. The summed E-state index contributed by atoms with van der Waals surface area (Å²) in [6.07, 6.45) is 2.18. The number of benzene rings is 1. The van der Waals surface area contributed by atoms with Crippen molar-refractivity contribution in [3.63, 3.8) is 0 Å². The Morgan fingerprint density at radius 1 is 1.55 bits per heavy atom. The topological polar surface area (TPSA) is 64.4 Å². The van der Waals surface area contributed by atoms with E-state index in [4.69, 9.17) is 22.1 Å². The summed E-state index contributed by atoms with van der Waals surface area (Å²) in [5, 5.41) is 3.31. The van der Waals surface area contributed by atoms with Gasteiger partial charge in [0, 0.05) is 24.3 Å². The van der Waals surface area contributed by atoms with Gasteiger partial charge < -0.3 is 15.8 Å². The lowest BCUT2D eigenvalue weighted by molar-refractivity contribution is 0.0858. The van der Waals surface area contributed by atoms with E-state index in [1.165, 1.54) is 0 Å². The van der Waals surface area contributed by atoms with Crippen LogP contribution in [0.15, 0.2) is 18.2 Å². The summed E-state index contributed by atoms with van der Waals surface area (Å²) >= 11 is 6.09. The minimum absolute atomic E-state index is 0.129. The number of carbonyl (C=O) groups is 1. The van der Waals surface area contributed by atoms with E-state index in [9.17, 15) is 4.79 Å². The molecule has 20 heavy (non-hydrogen) atoms. The maximum absolute atomic E-state index is 12.0. The molecule has 1 aromatic carbocycles. The van der Waals surface area contributed by atoms with Gasteiger partial charge in [-0.3, -0.25) is 4.79 Å². The van der Waals surface area contributed by atoms with E-state index >= 15 is 0 Å². The fourth-order valence-corrected chi connectivity index (χ4v) is 2.25. The third kappa shape index (κ3) is 3.97. The number of hydrogen-bond acceptors (Lipinski definition) is 3. The van der Waals surface area contributed by atoms with Crippen LogP contribution in [0.2, 0.25) is 5.02 Å². The van der Waals surface area contributed by atoms with E-state index in [-0.39, 0.29) is 18.6 Å². The van der Waals surface area contributed by atoms with Crippen LogP contribution in [0.5, 0.6) is 0 Å². The molecule has 1 aliphatic rings. The van der Waals surface area contributed by atoms with Crippen LogP contribution in [0.3, 0.4) is 0 Å². The Morgan fingerprint density at radius 2 is 2.40 bits per heavy atom. The highest BCUT2D eigenvalue weighted by molar-refractivity contribution is 6.32. The molecule has 1 heterocycles. The van der Waals surface area contributed by atoms with Crippen molar-refractivity contribution >= 4 is 17.5 Å². The molecule has 1 unspecified atom stereocenters. The van der Waals surface area contributed by atoms with Crippen molar-refractivity contribution in [1.82, 2.24) is 5.32 Å². The monoisotopic (exact) mass is 292 g/mol. The smallest absolute Gasteiger partial charge is 0.251 e. The van der Waals surface area contributed by atoms with Crippen molar-refractivity contribution in [3.05, 3.63) is 34.3 Å². The molecule has 0 aliphatic carbocycles. The predicted molar refractivity (Wildman–Crippen MR) is 78.7 cm³/mol. The van der Waals surface area contributed by atoms with Crippen molar-refractivity contribution in [2.24, 2.45) is 5.73 Å². The van der Waals surface area contributed by atoms with Crippen molar-refractivity contribution in [2.45, 2.75) is 18.9 Å². The lowest BCUT2D eigenvalue weighted by atomic mass is 10.1. The van der Waals surface area contributed by atoms with E-state index in [1.807, 2.05) is 0 Å². The minimum atomic E-state index is -0.152. The quantitative estimate of drug-likeness (QED) is 0.831. The molecular formula is C15H17ClN2O2. The Kier molecular flexibility index (Phi) is 5.42. The number of nitrogens with one attached hydrogen (secondary N) is 1. The molecule has 1 fully saturated rings. The first-order chi connectivity index (χ1) is 9.70. The molecule has 0 bridgehead atoms. The summed E-state index contributed by atoms with van der Waals surface area (Å²) < 4.78 is 5.46. The Hall–Kier alpha value is -1.54. The molecule has 0 radical (unpaired) electrons. The maximum Gasteiger partial charge on any atom is 0.251 e. The van der Waals surface area contributed by atoms with Crippen LogP contribution in [0.25, 0.3) is 0 Å². The van der Waals surface area contributed by atoms with Crippen LogP contribution in [0, 0.1) is 11.8 Å². The second-order valence-corrected chi connectivity index (χ2v) is 4.95. The van der Waals surface area contributed by atoms with Gasteiger partial charge in [-0.2, -0.15) is 0 Å². The van der Waals surface area contributed by atoms with Gasteiger partial charge in [0.25, 0.3) is 5.91 Å². The summed E-state index contributed by atoms with van der Waals surface area (Å²) in [5.41, 5.74) is 6.50. The van der Waals surface area contributed by atoms with Crippen LogP contribution in [-0.4, -0.2) is 31.7 Å². The maximum atomic E-state index is 12.0. The van der Waals surface area contributed by atoms with Gasteiger partial charge in [0.05, 0.1) is 17.7 Å². The molecule has 3 N–H and O–H groups in total. The molecule has 0 aromatic heterocycles. The fraction of sp³-hybridized carbons (Fsp3) is 0.400. The fourth-order valence-electron chi connectivity index (χ4n) is 2.02. The average Bonchev–Trinajstić information content (AvgIpc) is 2.96. The molecular weight excluding hydrogens is 276 g/mol. The van der Waals surface area contributed by atoms with Crippen LogP contribution in [0.1, 0.15) is 28.8 Å². The van der Waals surface area contributed by atoms with E-state index in [1.54, 1.807) is 18.2 Å². The highest BCUT2D eigenvalue weighted by Gasteiger charge is 2.16. The lowest BCUT2D eigenvalue weighted by Crippen LogP contribution is -2.31. The van der Waals surface area contributed by atoms with Gasteiger partial charge in [-0.15, -0.1) is 0 Å². The van der Waals surface area contributed by atoms with Crippen LogP contribution < -0.4 is 11.1 Å². The van der Waals surface area contributed by atoms with E-state index in [2.05, 4.69) is 17.2 Å². The minimum Gasteiger partial charge on any atom is -0.376 e. The molecule has 0 spiro atoms. The predicted octanol–water partition coefficient (Wildman–Crippen LogP) is 1.56. The third-order valence-corrected chi connectivity index (χ3v) is 3.38. The molecule has 1 amide bonds. The molecule has 1 aliphatic heterocycles. The van der Waals surface area contributed by atoms with Gasteiger partial charge in [0.1, 0.15) is 0 Å². The van der Waals surface area contributed by atoms with Crippen molar-refractivity contribution in [3.8, 4) is 11.8 Å². The number of rotatable bonds is 3. The standard InChI is InChI=1S/C15H17ClN2O2/c16-14-9-12(6-5-11(14)3-1-7-17)15(19)18-10-13-4-2-8-20-13/h5-6,9,13H,2,4,7-8,10,17H2,(H,18,19). The summed E-state index contributed by atoms with van der Waals surface area (Å²) in [6.45, 7) is 1.59. The van der Waals surface area contributed by atoms with Crippen molar-refractivity contribution in [2.75, 3.05) is 19.7 Å².